The van der Waals surface area contributed by atoms with Crippen LogP contribution in [0, 0.1) is 0 Å². The van der Waals surface area contributed by atoms with Crippen LogP contribution in [0.1, 0.15) is 5.56 Å². The van der Waals surface area contributed by atoms with Gasteiger partial charge in [-0.2, -0.15) is 17.0 Å². The predicted octanol–water partition coefficient (Wildman–Crippen LogP) is 0.990. The van der Waals surface area contributed by atoms with Crippen LogP contribution in [-0.2, 0) is 16.8 Å². The Labute approximate surface area is 125 Å². The van der Waals surface area contributed by atoms with E-state index in [2.05, 4.69) is 5.32 Å². The van der Waals surface area contributed by atoms with Gasteiger partial charge in [-0.05, 0) is 24.0 Å². The molecule has 5 nitrogen and oxygen atoms in total. The smallest absolute Gasteiger partial charge is 0.282 e. The molecule has 20 heavy (non-hydrogen) atoms. The molecule has 1 fully saturated rings. The molecule has 0 aliphatic carbocycles. The second-order valence-corrected chi connectivity index (χ2v) is 7.68. The number of nitrogens with zero attached hydrogens (tertiary/aromatic N) is 2. The largest absolute Gasteiger partial charge is 0.314 e. The van der Waals surface area contributed by atoms with E-state index >= 15 is 0 Å². The number of thioether (sulfide) groups is 1. The van der Waals surface area contributed by atoms with Crippen LogP contribution in [0.25, 0.3) is 0 Å². The molecular formula is C13H21N3O2S2. The Hall–Kier alpha value is -0.600. The maximum atomic E-state index is 12.4. The Morgan fingerprint density at radius 2 is 1.85 bits per heavy atom. The monoisotopic (exact) mass is 315 g/mol. The van der Waals surface area contributed by atoms with E-state index in [0.29, 0.717) is 19.6 Å². The van der Waals surface area contributed by atoms with Gasteiger partial charge in [0.05, 0.1) is 0 Å². The Bertz CT molecular complexity index is 525. The SMILES string of the molecule is CSc1ccc(CN(C)S(=O)(=O)N2CCNCC2)cc1. The highest BCUT2D eigenvalue weighted by atomic mass is 32.2. The van der Waals surface area contributed by atoms with Gasteiger partial charge in [0, 0.05) is 44.7 Å². The lowest BCUT2D eigenvalue weighted by Gasteiger charge is -2.30. The van der Waals surface area contributed by atoms with Crippen LogP contribution in [0.4, 0.5) is 0 Å². The number of hydrogen-bond acceptors (Lipinski definition) is 4. The molecule has 1 aliphatic rings. The molecule has 0 amide bonds. The first kappa shape index (κ1) is 15.8. The van der Waals surface area contributed by atoms with Crippen molar-refractivity contribution in [3.63, 3.8) is 0 Å². The van der Waals surface area contributed by atoms with Crippen molar-refractivity contribution in [3.8, 4) is 0 Å². The second kappa shape index (κ2) is 6.91. The summed E-state index contributed by atoms with van der Waals surface area (Å²) in [5.74, 6) is 0. The quantitative estimate of drug-likeness (QED) is 0.824. The minimum atomic E-state index is -3.35. The molecule has 2 rings (SSSR count). The first-order chi connectivity index (χ1) is 9.54. The molecular weight excluding hydrogens is 294 g/mol. The molecule has 0 saturated carbocycles. The van der Waals surface area contributed by atoms with E-state index in [1.54, 1.807) is 23.1 Å². The van der Waals surface area contributed by atoms with Crippen LogP contribution < -0.4 is 5.32 Å². The second-order valence-electron chi connectivity index (χ2n) is 4.76. The van der Waals surface area contributed by atoms with Crippen LogP contribution in [-0.4, -0.2) is 56.5 Å². The molecule has 0 unspecified atom stereocenters. The molecule has 1 saturated heterocycles. The third kappa shape index (κ3) is 3.73. The van der Waals surface area contributed by atoms with Gasteiger partial charge in [0.1, 0.15) is 0 Å². The number of hydrogen-bond donors (Lipinski definition) is 1. The summed E-state index contributed by atoms with van der Waals surface area (Å²) in [5.41, 5.74) is 1.00. The molecule has 1 heterocycles. The topological polar surface area (TPSA) is 52.7 Å². The Morgan fingerprint density at radius 3 is 2.40 bits per heavy atom. The number of benzene rings is 1. The third-order valence-electron chi connectivity index (χ3n) is 3.36. The van der Waals surface area contributed by atoms with E-state index in [9.17, 15) is 8.42 Å². The number of rotatable bonds is 5. The summed E-state index contributed by atoms with van der Waals surface area (Å²) in [6.07, 6.45) is 2.02. The molecule has 7 heteroatoms. The van der Waals surface area contributed by atoms with Gasteiger partial charge in [-0.25, -0.2) is 0 Å². The van der Waals surface area contributed by atoms with Gasteiger partial charge >= 0.3 is 0 Å². The van der Waals surface area contributed by atoms with E-state index in [-0.39, 0.29) is 0 Å². The number of piperazine rings is 1. The lowest BCUT2D eigenvalue weighted by Crippen LogP contribution is -2.50. The van der Waals surface area contributed by atoms with E-state index in [1.807, 2.05) is 30.5 Å². The minimum Gasteiger partial charge on any atom is -0.314 e. The van der Waals surface area contributed by atoms with Crippen molar-refractivity contribution in [1.82, 2.24) is 13.9 Å². The molecule has 112 valence electrons. The van der Waals surface area contributed by atoms with E-state index in [4.69, 9.17) is 0 Å². The normalized spacial score (nSPS) is 17.6. The zero-order valence-corrected chi connectivity index (χ0v) is 13.5. The van der Waals surface area contributed by atoms with E-state index < -0.39 is 10.2 Å². The van der Waals surface area contributed by atoms with Crippen molar-refractivity contribution in [2.75, 3.05) is 39.5 Å². The fraction of sp³-hybridized carbons (Fsp3) is 0.538. The van der Waals surface area contributed by atoms with Gasteiger partial charge in [-0.1, -0.05) is 12.1 Å². The maximum Gasteiger partial charge on any atom is 0.282 e. The summed E-state index contributed by atoms with van der Waals surface area (Å²) in [7, 11) is -1.72. The fourth-order valence-corrected chi connectivity index (χ4v) is 3.90. The predicted molar refractivity (Wildman–Crippen MR) is 83.1 cm³/mol. The van der Waals surface area contributed by atoms with Gasteiger partial charge in [0.2, 0.25) is 0 Å². The van der Waals surface area contributed by atoms with Gasteiger partial charge in [0.25, 0.3) is 10.2 Å². The first-order valence-electron chi connectivity index (χ1n) is 6.59. The zero-order valence-electron chi connectivity index (χ0n) is 11.9. The highest BCUT2D eigenvalue weighted by molar-refractivity contribution is 7.98. The molecule has 0 radical (unpaired) electrons. The summed E-state index contributed by atoms with van der Waals surface area (Å²) in [6, 6.07) is 8.00. The van der Waals surface area contributed by atoms with Gasteiger partial charge in [0.15, 0.2) is 0 Å². The molecule has 0 bridgehead atoms. The van der Waals surface area contributed by atoms with Crippen molar-refractivity contribution < 1.29 is 8.42 Å². The van der Waals surface area contributed by atoms with Gasteiger partial charge in [-0.15, -0.1) is 11.8 Å². The highest BCUT2D eigenvalue weighted by Crippen LogP contribution is 2.17. The summed E-state index contributed by atoms with van der Waals surface area (Å²) < 4.78 is 27.8. The minimum absolute atomic E-state index is 0.404. The number of nitrogens with one attached hydrogen (secondary N) is 1. The van der Waals surface area contributed by atoms with Crippen molar-refractivity contribution in [2.24, 2.45) is 0 Å². The molecule has 0 atom stereocenters. The average Bonchev–Trinajstić information content (AvgIpc) is 2.49. The Balaban J connectivity index is 2.03. The van der Waals surface area contributed by atoms with Crippen molar-refractivity contribution in [3.05, 3.63) is 29.8 Å². The summed E-state index contributed by atoms with van der Waals surface area (Å²) in [6.45, 7) is 2.92. The summed E-state index contributed by atoms with van der Waals surface area (Å²) >= 11 is 1.68. The molecule has 0 spiro atoms. The van der Waals surface area contributed by atoms with Crippen LogP contribution >= 0.6 is 11.8 Å². The molecule has 1 aromatic carbocycles. The highest BCUT2D eigenvalue weighted by Gasteiger charge is 2.27. The Morgan fingerprint density at radius 1 is 1.25 bits per heavy atom. The van der Waals surface area contributed by atoms with Crippen molar-refractivity contribution in [2.45, 2.75) is 11.4 Å². The molecule has 1 N–H and O–H groups in total. The summed E-state index contributed by atoms with van der Waals surface area (Å²) in [4.78, 5) is 1.18. The summed E-state index contributed by atoms with van der Waals surface area (Å²) in [5, 5.41) is 3.16. The standard InChI is InChI=1S/C13H21N3O2S2/c1-15(11-12-3-5-13(19-2)6-4-12)20(17,18)16-9-7-14-8-10-16/h3-6,14H,7-11H2,1-2H3. The first-order valence-corrected chi connectivity index (χ1v) is 9.21. The fourth-order valence-electron chi connectivity index (χ4n) is 2.14. The third-order valence-corrected chi connectivity index (χ3v) is 6.04. The average molecular weight is 315 g/mol. The molecule has 0 aromatic heterocycles. The molecule has 1 aromatic rings. The van der Waals surface area contributed by atoms with E-state index in [1.165, 1.54) is 9.20 Å². The lowest BCUT2D eigenvalue weighted by atomic mass is 10.2. The van der Waals surface area contributed by atoms with Crippen LogP contribution in [0.5, 0.6) is 0 Å². The Kier molecular flexibility index (Phi) is 5.45. The van der Waals surface area contributed by atoms with Gasteiger partial charge in [-0.3, -0.25) is 0 Å². The maximum absolute atomic E-state index is 12.4. The van der Waals surface area contributed by atoms with Crippen LogP contribution in [0.3, 0.4) is 0 Å². The van der Waals surface area contributed by atoms with Crippen molar-refractivity contribution in [1.29, 1.82) is 0 Å². The lowest BCUT2D eigenvalue weighted by molar-refractivity contribution is 0.324. The van der Waals surface area contributed by atoms with E-state index in [0.717, 1.165) is 18.7 Å². The molecule has 1 aliphatic heterocycles. The van der Waals surface area contributed by atoms with Crippen LogP contribution in [0.15, 0.2) is 29.2 Å². The zero-order chi connectivity index (χ0) is 14.6. The van der Waals surface area contributed by atoms with Gasteiger partial charge < -0.3 is 5.32 Å². The van der Waals surface area contributed by atoms with Crippen molar-refractivity contribution >= 4 is 22.0 Å². The van der Waals surface area contributed by atoms with Crippen LogP contribution in [0.2, 0.25) is 0 Å².